The summed E-state index contributed by atoms with van der Waals surface area (Å²) in [5, 5.41) is 14.3. The van der Waals surface area contributed by atoms with Crippen LogP contribution in [0.15, 0.2) is 54.6 Å². The SMILES string of the molecule is O=C(NCc1cccc(COCc2ccccc2)c1)NC1(C(=O)O)COC1. The summed E-state index contributed by atoms with van der Waals surface area (Å²) in [6.07, 6.45) is 0. The Morgan fingerprint density at radius 3 is 2.33 bits per heavy atom. The lowest BCUT2D eigenvalue weighted by atomic mass is 9.98. The molecule has 2 aromatic carbocycles. The highest BCUT2D eigenvalue weighted by molar-refractivity contribution is 5.87. The molecule has 7 nitrogen and oxygen atoms in total. The lowest BCUT2D eigenvalue weighted by Gasteiger charge is -2.37. The molecule has 142 valence electrons. The summed E-state index contributed by atoms with van der Waals surface area (Å²) in [5.74, 6) is -1.10. The molecule has 2 amide bonds. The lowest BCUT2D eigenvalue weighted by Crippen LogP contribution is -2.68. The molecule has 1 aliphatic rings. The van der Waals surface area contributed by atoms with Crippen molar-refractivity contribution in [3.05, 3.63) is 71.3 Å². The Morgan fingerprint density at radius 1 is 1.00 bits per heavy atom. The second-order valence-electron chi connectivity index (χ2n) is 6.49. The Morgan fingerprint density at radius 2 is 1.67 bits per heavy atom. The molecule has 3 N–H and O–H groups in total. The molecule has 1 fully saturated rings. The van der Waals surface area contributed by atoms with Crippen LogP contribution in [-0.4, -0.2) is 35.9 Å². The molecule has 1 aliphatic heterocycles. The highest BCUT2D eigenvalue weighted by atomic mass is 16.5. The van der Waals surface area contributed by atoms with Crippen molar-refractivity contribution in [3.8, 4) is 0 Å². The molecule has 0 unspecified atom stereocenters. The summed E-state index contributed by atoms with van der Waals surface area (Å²) in [6, 6.07) is 17.1. The molecule has 27 heavy (non-hydrogen) atoms. The third-order valence-electron chi connectivity index (χ3n) is 4.28. The number of carboxylic acid groups (broad SMARTS) is 1. The molecule has 0 aliphatic carbocycles. The van der Waals surface area contributed by atoms with Gasteiger partial charge in [-0.3, -0.25) is 0 Å². The maximum Gasteiger partial charge on any atom is 0.334 e. The van der Waals surface area contributed by atoms with Crippen LogP contribution in [0, 0.1) is 0 Å². The monoisotopic (exact) mass is 370 g/mol. The number of hydrogen-bond acceptors (Lipinski definition) is 4. The third-order valence-corrected chi connectivity index (χ3v) is 4.28. The number of rotatable bonds is 8. The standard InChI is InChI=1S/C20H22N2O5/c23-18(24)20(13-27-14-20)22-19(25)21-10-16-7-4-8-17(9-16)12-26-11-15-5-2-1-3-6-15/h1-9H,10-14H2,(H,23,24)(H2,21,22,25). The minimum absolute atomic E-state index is 0.0238. The maximum absolute atomic E-state index is 12.0. The molecule has 0 saturated carbocycles. The summed E-state index contributed by atoms with van der Waals surface area (Å²) in [5.41, 5.74) is 1.69. The van der Waals surface area contributed by atoms with Gasteiger partial charge in [0.25, 0.3) is 0 Å². The van der Waals surface area contributed by atoms with Gasteiger partial charge in [-0.2, -0.15) is 0 Å². The highest BCUT2D eigenvalue weighted by Gasteiger charge is 2.47. The van der Waals surface area contributed by atoms with E-state index in [0.29, 0.717) is 13.2 Å². The van der Waals surface area contributed by atoms with E-state index in [9.17, 15) is 14.7 Å². The Labute approximate surface area is 157 Å². The molecule has 0 aromatic heterocycles. The molecule has 7 heteroatoms. The van der Waals surface area contributed by atoms with E-state index in [1.54, 1.807) is 0 Å². The van der Waals surface area contributed by atoms with Gasteiger partial charge in [0.1, 0.15) is 0 Å². The quantitative estimate of drug-likeness (QED) is 0.661. The van der Waals surface area contributed by atoms with Gasteiger partial charge in [0, 0.05) is 6.54 Å². The van der Waals surface area contributed by atoms with E-state index in [0.717, 1.165) is 16.7 Å². The van der Waals surface area contributed by atoms with Crippen molar-refractivity contribution < 1.29 is 24.2 Å². The number of benzene rings is 2. The molecule has 3 rings (SSSR count). The van der Waals surface area contributed by atoms with Crippen molar-refractivity contribution in [3.63, 3.8) is 0 Å². The van der Waals surface area contributed by atoms with E-state index < -0.39 is 17.5 Å². The van der Waals surface area contributed by atoms with Gasteiger partial charge in [0.2, 0.25) is 0 Å². The van der Waals surface area contributed by atoms with Crippen LogP contribution >= 0.6 is 0 Å². The highest BCUT2D eigenvalue weighted by Crippen LogP contribution is 2.17. The largest absolute Gasteiger partial charge is 0.479 e. The second-order valence-corrected chi connectivity index (χ2v) is 6.49. The summed E-state index contributed by atoms with van der Waals surface area (Å²) in [6.45, 7) is 1.24. The Kier molecular flexibility index (Phi) is 6.05. The van der Waals surface area contributed by atoms with Gasteiger partial charge in [-0.25, -0.2) is 9.59 Å². The number of hydrogen-bond donors (Lipinski definition) is 3. The minimum atomic E-state index is -1.32. The van der Waals surface area contributed by atoms with E-state index >= 15 is 0 Å². The molecule has 1 heterocycles. The van der Waals surface area contributed by atoms with Crippen LogP contribution in [0.5, 0.6) is 0 Å². The van der Waals surface area contributed by atoms with Gasteiger partial charge in [-0.15, -0.1) is 0 Å². The zero-order valence-electron chi connectivity index (χ0n) is 14.8. The molecule has 0 bridgehead atoms. The van der Waals surface area contributed by atoms with Gasteiger partial charge in [-0.1, -0.05) is 54.6 Å². The van der Waals surface area contributed by atoms with Crippen LogP contribution in [0.4, 0.5) is 4.79 Å². The van der Waals surface area contributed by atoms with E-state index in [4.69, 9.17) is 9.47 Å². The van der Waals surface area contributed by atoms with Gasteiger partial charge in [0.15, 0.2) is 5.54 Å². The number of carbonyl (C=O) groups is 2. The smallest absolute Gasteiger partial charge is 0.334 e. The zero-order chi connectivity index (χ0) is 19.1. The van der Waals surface area contributed by atoms with Crippen LogP contribution in [-0.2, 0) is 34.0 Å². The van der Waals surface area contributed by atoms with Gasteiger partial charge in [-0.05, 0) is 16.7 Å². The van der Waals surface area contributed by atoms with Crippen molar-refractivity contribution in [1.29, 1.82) is 0 Å². The van der Waals surface area contributed by atoms with Crippen molar-refractivity contribution in [2.45, 2.75) is 25.3 Å². The summed E-state index contributed by atoms with van der Waals surface area (Å²) < 4.78 is 10.6. The summed E-state index contributed by atoms with van der Waals surface area (Å²) >= 11 is 0. The average molecular weight is 370 g/mol. The topological polar surface area (TPSA) is 96.9 Å². The molecule has 0 atom stereocenters. The van der Waals surface area contributed by atoms with E-state index in [-0.39, 0.29) is 19.8 Å². The lowest BCUT2D eigenvalue weighted by molar-refractivity contribution is -0.164. The van der Waals surface area contributed by atoms with E-state index in [1.807, 2.05) is 54.6 Å². The van der Waals surface area contributed by atoms with Gasteiger partial charge >= 0.3 is 12.0 Å². The number of carbonyl (C=O) groups excluding carboxylic acids is 1. The van der Waals surface area contributed by atoms with Gasteiger partial charge < -0.3 is 25.2 Å². The fourth-order valence-corrected chi connectivity index (χ4v) is 2.69. The van der Waals surface area contributed by atoms with Crippen LogP contribution < -0.4 is 10.6 Å². The fourth-order valence-electron chi connectivity index (χ4n) is 2.69. The Hall–Kier alpha value is -2.90. The number of nitrogens with one attached hydrogen (secondary N) is 2. The number of amides is 2. The van der Waals surface area contributed by atoms with Crippen LogP contribution in [0.25, 0.3) is 0 Å². The fraction of sp³-hybridized carbons (Fsp3) is 0.300. The predicted octanol–water partition coefficient (Wildman–Crippen LogP) is 2.06. The number of ether oxygens (including phenoxy) is 2. The molecular formula is C20H22N2O5. The van der Waals surface area contributed by atoms with E-state index in [1.165, 1.54) is 0 Å². The maximum atomic E-state index is 12.0. The van der Waals surface area contributed by atoms with Crippen molar-refractivity contribution >= 4 is 12.0 Å². The van der Waals surface area contributed by atoms with E-state index in [2.05, 4.69) is 10.6 Å². The number of urea groups is 1. The normalized spacial score (nSPS) is 14.8. The zero-order valence-corrected chi connectivity index (χ0v) is 14.8. The Bertz CT molecular complexity index is 790. The van der Waals surface area contributed by atoms with Crippen LogP contribution in [0.3, 0.4) is 0 Å². The number of carboxylic acids is 1. The summed E-state index contributed by atoms with van der Waals surface area (Å²) in [7, 11) is 0. The minimum Gasteiger partial charge on any atom is -0.479 e. The molecule has 2 aromatic rings. The molecular weight excluding hydrogens is 348 g/mol. The summed E-state index contributed by atoms with van der Waals surface area (Å²) in [4.78, 5) is 23.2. The average Bonchev–Trinajstić information content (AvgIpc) is 2.64. The van der Waals surface area contributed by atoms with Crippen molar-refractivity contribution in [1.82, 2.24) is 10.6 Å². The molecule has 0 radical (unpaired) electrons. The third kappa shape index (κ3) is 5.06. The first-order chi connectivity index (χ1) is 13.1. The first kappa shape index (κ1) is 18.9. The van der Waals surface area contributed by atoms with Crippen LogP contribution in [0.2, 0.25) is 0 Å². The number of aliphatic carboxylic acids is 1. The van der Waals surface area contributed by atoms with Gasteiger partial charge in [0.05, 0.1) is 26.4 Å². The molecule has 1 saturated heterocycles. The van der Waals surface area contributed by atoms with Crippen molar-refractivity contribution in [2.75, 3.05) is 13.2 Å². The predicted molar refractivity (Wildman–Crippen MR) is 97.9 cm³/mol. The van der Waals surface area contributed by atoms with Crippen molar-refractivity contribution in [2.24, 2.45) is 0 Å². The first-order valence-electron chi connectivity index (χ1n) is 8.64. The Balaban J connectivity index is 1.46. The second kappa shape index (κ2) is 8.66. The molecule has 0 spiro atoms. The first-order valence-corrected chi connectivity index (χ1v) is 8.64. The van der Waals surface area contributed by atoms with Crippen LogP contribution in [0.1, 0.15) is 16.7 Å².